The maximum Gasteiger partial charge on any atom is 0.115 e. The second-order valence-electron chi connectivity index (χ2n) is 4.16. The first-order chi connectivity index (χ1) is 8.09. The van der Waals surface area contributed by atoms with Crippen LogP contribution in [-0.4, -0.2) is 5.11 Å². The normalized spacial score (nSPS) is 9.06. The molecule has 0 amide bonds. The molecule has 3 heteroatoms. The number of rotatable bonds is 1. The number of hydrogen-bond donors (Lipinski definition) is 2. The molecule has 0 fully saturated rings. The SMILES string of the molecule is CC(C)c1ccccc1.Cl.Nc1ccc(O)cc1. The third-order valence-electron chi connectivity index (χ3n) is 2.36. The number of nitrogens with two attached hydrogens (primary N) is 1. The van der Waals surface area contributed by atoms with Crippen molar-refractivity contribution >= 4 is 18.1 Å². The lowest BCUT2D eigenvalue weighted by Gasteiger charge is -2.01. The smallest absolute Gasteiger partial charge is 0.115 e. The fourth-order valence-corrected chi connectivity index (χ4v) is 1.31. The molecule has 18 heavy (non-hydrogen) atoms. The molecule has 0 saturated heterocycles. The van der Waals surface area contributed by atoms with E-state index in [1.165, 1.54) is 5.56 Å². The molecule has 2 aromatic carbocycles. The predicted molar refractivity (Wildman–Crippen MR) is 80.3 cm³/mol. The fraction of sp³-hybridized carbons (Fsp3) is 0.200. The topological polar surface area (TPSA) is 46.2 Å². The summed E-state index contributed by atoms with van der Waals surface area (Å²) >= 11 is 0. The van der Waals surface area contributed by atoms with Crippen LogP contribution < -0.4 is 5.73 Å². The molecule has 0 aromatic heterocycles. The molecule has 0 aliphatic heterocycles. The minimum Gasteiger partial charge on any atom is -0.508 e. The molecule has 0 radical (unpaired) electrons. The van der Waals surface area contributed by atoms with Crippen molar-refractivity contribution < 1.29 is 5.11 Å². The van der Waals surface area contributed by atoms with Crippen molar-refractivity contribution in [2.24, 2.45) is 0 Å². The summed E-state index contributed by atoms with van der Waals surface area (Å²) < 4.78 is 0. The van der Waals surface area contributed by atoms with Crippen molar-refractivity contribution in [3.63, 3.8) is 0 Å². The maximum atomic E-state index is 8.70. The number of anilines is 1. The number of nitrogen functional groups attached to an aromatic ring is 1. The number of phenolic OH excluding ortho intramolecular Hbond substituents is 1. The molecular formula is C15H20ClNO. The Morgan fingerprint density at radius 1 is 0.889 bits per heavy atom. The van der Waals surface area contributed by atoms with E-state index in [0.29, 0.717) is 11.6 Å². The molecule has 0 atom stereocenters. The van der Waals surface area contributed by atoms with Crippen LogP contribution in [0, 0.1) is 0 Å². The van der Waals surface area contributed by atoms with Gasteiger partial charge in [-0.3, -0.25) is 0 Å². The Balaban J connectivity index is 0.000000306. The van der Waals surface area contributed by atoms with Crippen LogP contribution in [0.15, 0.2) is 54.6 Å². The molecule has 3 N–H and O–H groups in total. The van der Waals surface area contributed by atoms with Crippen molar-refractivity contribution in [1.82, 2.24) is 0 Å². The average Bonchev–Trinajstić information content (AvgIpc) is 2.35. The van der Waals surface area contributed by atoms with Crippen LogP contribution in [0.25, 0.3) is 0 Å². The van der Waals surface area contributed by atoms with Gasteiger partial charge in [-0.25, -0.2) is 0 Å². The van der Waals surface area contributed by atoms with Crippen molar-refractivity contribution in [2.45, 2.75) is 19.8 Å². The molecular weight excluding hydrogens is 246 g/mol. The third-order valence-corrected chi connectivity index (χ3v) is 2.36. The first kappa shape index (κ1) is 16.3. The van der Waals surface area contributed by atoms with Gasteiger partial charge in [0.05, 0.1) is 0 Å². The Morgan fingerprint density at radius 2 is 1.39 bits per heavy atom. The van der Waals surface area contributed by atoms with Gasteiger partial charge >= 0.3 is 0 Å². The highest BCUT2D eigenvalue weighted by molar-refractivity contribution is 5.85. The Labute approximate surface area is 115 Å². The first-order valence-electron chi connectivity index (χ1n) is 5.69. The van der Waals surface area contributed by atoms with Gasteiger partial charge in [0.25, 0.3) is 0 Å². The van der Waals surface area contributed by atoms with Gasteiger partial charge in [0.2, 0.25) is 0 Å². The zero-order valence-electron chi connectivity index (χ0n) is 10.7. The molecule has 0 unspecified atom stereocenters. The number of benzene rings is 2. The first-order valence-corrected chi connectivity index (χ1v) is 5.69. The maximum absolute atomic E-state index is 8.70. The quantitative estimate of drug-likeness (QED) is 0.599. The highest BCUT2D eigenvalue weighted by Crippen LogP contribution is 2.11. The van der Waals surface area contributed by atoms with Gasteiger partial charge in [0.1, 0.15) is 5.75 Å². The molecule has 2 rings (SSSR count). The summed E-state index contributed by atoms with van der Waals surface area (Å²) in [5.41, 5.74) is 7.40. The molecule has 0 spiro atoms. The minimum absolute atomic E-state index is 0. The van der Waals surface area contributed by atoms with Crippen LogP contribution in [-0.2, 0) is 0 Å². The van der Waals surface area contributed by atoms with E-state index in [1.807, 2.05) is 6.07 Å². The van der Waals surface area contributed by atoms with Crippen LogP contribution >= 0.6 is 12.4 Å². The summed E-state index contributed by atoms with van der Waals surface area (Å²) in [5.74, 6) is 0.908. The summed E-state index contributed by atoms with van der Waals surface area (Å²) in [6, 6.07) is 16.9. The summed E-state index contributed by atoms with van der Waals surface area (Å²) in [7, 11) is 0. The number of aromatic hydroxyl groups is 1. The highest BCUT2D eigenvalue weighted by atomic mass is 35.5. The van der Waals surface area contributed by atoms with E-state index in [9.17, 15) is 0 Å². The van der Waals surface area contributed by atoms with Crippen LogP contribution in [0.2, 0.25) is 0 Å². The van der Waals surface area contributed by atoms with E-state index >= 15 is 0 Å². The van der Waals surface area contributed by atoms with Crippen molar-refractivity contribution in [3.8, 4) is 5.75 Å². The lowest BCUT2D eigenvalue weighted by atomic mass is 10.0. The highest BCUT2D eigenvalue weighted by Gasteiger charge is 1.93. The zero-order chi connectivity index (χ0) is 12.7. The van der Waals surface area contributed by atoms with Gasteiger partial charge in [-0.2, -0.15) is 0 Å². The van der Waals surface area contributed by atoms with Crippen LogP contribution in [0.4, 0.5) is 5.69 Å². The molecule has 0 aliphatic rings. The van der Waals surface area contributed by atoms with Crippen LogP contribution in [0.5, 0.6) is 5.75 Å². The predicted octanol–water partition coefficient (Wildman–Crippen LogP) is 4.21. The van der Waals surface area contributed by atoms with Crippen molar-refractivity contribution in [3.05, 3.63) is 60.2 Å². The fourth-order valence-electron chi connectivity index (χ4n) is 1.31. The summed E-state index contributed by atoms with van der Waals surface area (Å²) in [4.78, 5) is 0. The second-order valence-corrected chi connectivity index (χ2v) is 4.16. The molecule has 98 valence electrons. The molecule has 0 saturated carbocycles. The Kier molecular flexibility index (Phi) is 7.64. The number of halogens is 1. The molecule has 0 heterocycles. The van der Waals surface area contributed by atoms with E-state index < -0.39 is 0 Å². The molecule has 0 bridgehead atoms. The van der Waals surface area contributed by atoms with E-state index in [1.54, 1.807) is 24.3 Å². The standard InChI is InChI=1S/C9H12.C6H7NO.ClH/c1-8(2)9-6-4-3-5-7-9;7-5-1-3-6(8)4-2-5;/h3-8H,1-2H3;1-4,8H,7H2;1H. The Bertz CT molecular complexity index is 405. The number of phenols is 1. The molecule has 0 aliphatic carbocycles. The summed E-state index contributed by atoms with van der Waals surface area (Å²) in [5, 5.41) is 8.70. The van der Waals surface area contributed by atoms with Gasteiger partial charge in [0, 0.05) is 5.69 Å². The van der Waals surface area contributed by atoms with Crippen molar-refractivity contribution in [1.29, 1.82) is 0 Å². The second kappa shape index (κ2) is 8.43. The lowest BCUT2D eigenvalue weighted by Crippen LogP contribution is -1.83. The van der Waals surface area contributed by atoms with Crippen LogP contribution in [0.3, 0.4) is 0 Å². The monoisotopic (exact) mass is 265 g/mol. The number of hydrogen-bond acceptors (Lipinski definition) is 2. The van der Waals surface area contributed by atoms with E-state index in [0.717, 1.165) is 0 Å². The largest absolute Gasteiger partial charge is 0.508 e. The van der Waals surface area contributed by atoms with Gasteiger partial charge < -0.3 is 10.8 Å². The van der Waals surface area contributed by atoms with E-state index in [4.69, 9.17) is 10.8 Å². The zero-order valence-corrected chi connectivity index (χ0v) is 11.5. The molecule has 2 nitrogen and oxygen atoms in total. The lowest BCUT2D eigenvalue weighted by molar-refractivity contribution is 0.475. The van der Waals surface area contributed by atoms with Gasteiger partial charge in [-0.15, -0.1) is 12.4 Å². The van der Waals surface area contributed by atoms with Crippen molar-refractivity contribution in [2.75, 3.05) is 5.73 Å². The summed E-state index contributed by atoms with van der Waals surface area (Å²) in [6.45, 7) is 4.41. The Morgan fingerprint density at radius 3 is 1.72 bits per heavy atom. The molecule has 2 aromatic rings. The third kappa shape index (κ3) is 6.16. The average molecular weight is 266 g/mol. The Hall–Kier alpha value is -1.67. The van der Waals surface area contributed by atoms with Crippen LogP contribution in [0.1, 0.15) is 25.3 Å². The van der Waals surface area contributed by atoms with E-state index in [2.05, 4.69) is 38.1 Å². The van der Waals surface area contributed by atoms with Gasteiger partial charge in [-0.05, 0) is 35.7 Å². The van der Waals surface area contributed by atoms with E-state index in [-0.39, 0.29) is 18.2 Å². The summed E-state index contributed by atoms with van der Waals surface area (Å²) in [6.07, 6.45) is 0. The minimum atomic E-state index is 0. The van der Waals surface area contributed by atoms with Gasteiger partial charge in [0.15, 0.2) is 0 Å². The van der Waals surface area contributed by atoms with Gasteiger partial charge in [-0.1, -0.05) is 44.2 Å².